The molecule has 1 unspecified atom stereocenters. The lowest BCUT2D eigenvalue weighted by Gasteiger charge is -2.27. The summed E-state index contributed by atoms with van der Waals surface area (Å²) < 4.78 is 6.75. The minimum Gasteiger partial charge on any atom is -0.494 e. The largest absolute Gasteiger partial charge is 0.494 e. The van der Waals surface area contributed by atoms with Gasteiger partial charge >= 0.3 is 0 Å². The van der Waals surface area contributed by atoms with Crippen molar-refractivity contribution in [1.82, 2.24) is 0 Å². The normalized spacial score (nSPS) is 18.8. The van der Waals surface area contributed by atoms with E-state index in [9.17, 15) is 5.11 Å². The van der Waals surface area contributed by atoms with Crippen molar-refractivity contribution in [3.63, 3.8) is 0 Å². The van der Waals surface area contributed by atoms with Gasteiger partial charge in [0.2, 0.25) is 0 Å². The van der Waals surface area contributed by atoms with Gasteiger partial charge in [0.1, 0.15) is 5.75 Å². The van der Waals surface area contributed by atoms with E-state index in [1.54, 1.807) is 0 Å². The average molecular weight is 299 g/mol. The summed E-state index contributed by atoms with van der Waals surface area (Å²) in [6.07, 6.45) is 3.43. The fourth-order valence-corrected chi connectivity index (χ4v) is 2.53. The molecule has 0 spiro atoms. The van der Waals surface area contributed by atoms with Crippen LogP contribution in [0.15, 0.2) is 28.7 Å². The molecular weight excluding hydrogens is 280 g/mol. The molecule has 0 saturated heterocycles. The van der Waals surface area contributed by atoms with Crippen molar-refractivity contribution in [2.75, 3.05) is 13.2 Å². The number of hydrogen-bond donors (Lipinski definition) is 1. The summed E-state index contributed by atoms with van der Waals surface area (Å²) in [7, 11) is 0. The molecule has 0 amide bonds. The lowest BCUT2D eigenvalue weighted by atomic mass is 9.83. The van der Waals surface area contributed by atoms with Gasteiger partial charge in [-0.15, -0.1) is 0 Å². The highest BCUT2D eigenvalue weighted by atomic mass is 79.9. The Hall–Kier alpha value is -0.540. The van der Waals surface area contributed by atoms with Crippen LogP contribution in [0.4, 0.5) is 0 Å². The van der Waals surface area contributed by atoms with E-state index >= 15 is 0 Å². The van der Waals surface area contributed by atoms with Crippen LogP contribution < -0.4 is 4.74 Å². The molecule has 1 saturated carbocycles. The van der Waals surface area contributed by atoms with Gasteiger partial charge in [0, 0.05) is 11.1 Å². The number of benzene rings is 1. The summed E-state index contributed by atoms with van der Waals surface area (Å²) in [6.45, 7) is 3.10. The standard InChI is InChI=1S/C14H19BrO2/c1-14(10-16,11-5-6-11)7-8-17-13-4-2-3-12(15)9-13/h2-4,9,11,16H,5-8,10H2,1H3. The summed E-state index contributed by atoms with van der Waals surface area (Å²) in [6, 6.07) is 7.87. The van der Waals surface area contributed by atoms with Crippen LogP contribution in [0.2, 0.25) is 0 Å². The highest BCUT2D eigenvalue weighted by Gasteiger charge is 2.40. The van der Waals surface area contributed by atoms with Gasteiger partial charge in [-0.3, -0.25) is 0 Å². The maximum atomic E-state index is 9.47. The second-order valence-corrected chi connectivity index (χ2v) is 6.06. The first kappa shape index (κ1) is 12.9. The Kier molecular flexibility index (Phi) is 4.10. The van der Waals surface area contributed by atoms with Crippen LogP contribution in [0.3, 0.4) is 0 Å². The maximum absolute atomic E-state index is 9.47. The van der Waals surface area contributed by atoms with Crippen molar-refractivity contribution in [3.05, 3.63) is 28.7 Å². The molecule has 17 heavy (non-hydrogen) atoms. The highest BCUT2D eigenvalue weighted by Crippen LogP contribution is 2.47. The molecule has 3 heteroatoms. The predicted octanol–water partition coefficient (Wildman–Crippen LogP) is 3.63. The molecule has 2 nitrogen and oxygen atoms in total. The SMILES string of the molecule is CC(CO)(CCOc1cccc(Br)c1)C1CC1. The number of hydrogen-bond acceptors (Lipinski definition) is 2. The topological polar surface area (TPSA) is 29.5 Å². The molecule has 1 atom stereocenters. The minimum absolute atomic E-state index is 0.0476. The fourth-order valence-electron chi connectivity index (χ4n) is 2.15. The molecule has 1 fully saturated rings. The Bertz CT molecular complexity index is 376. The summed E-state index contributed by atoms with van der Waals surface area (Å²) in [5.41, 5.74) is 0.0476. The van der Waals surface area contributed by atoms with Gasteiger partial charge in [-0.25, -0.2) is 0 Å². The second-order valence-electron chi connectivity index (χ2n) is 5.14. The van der Waals surface area contributed by atoms with E-state index in [2.05, 4.69) is 22.9 Å². The first-order valence-electron chi connectivity index (χ1n) is 6.13. The minimum atomic E-state index is 0.0476. The van der Waals surface area contributed by atoms with Crippen LogP contribution in [-0.4, -0.2) is 18.3 Å². The van der Waals surface area contributed by atoms with Crippen molar-refractivity contribution < 1.29 is 9.84 Å². The molecule has 0 heterocycles. The number of halogens is 1. The molecule has 1 aliphatic rings. The van der Waals surface area contributed by atoms with Crippen molar-refractivity contribution >= 4 is 15.9 Å². The van der Waals surface area contributed by atoms with Gasteiger partial charge in [0.25, 0.3) is 0 Å². The maximum Gasteiger partial charge on any atom is 0.120 e. The van der Waals surface area contributed by atoms with Gasteiger partial charge in [0.05, 0.1) is 6.61 Å². The summed E-state index contributed by atoms with van der Waals surface area (Å²) >= 11 is 3.42. The van der Waals surface area contributed by atoms with E-state index in [1.165, 1.54) is 12.8 Å². The molecule has 2 rings (SSSR count). The lowest BCUT2D eigenvalue weighted by Crippen LogP contribution is -2.26. The number of rotatable bonds is 6. The Morgan fingerprint density at radius 3 is 2.82 bits per heavy atom. The zero-order chi connectivity index (χ0) is 12.3. The van der Waals surface area contributed by atoms with Gasteiger partial charge in [0.15, 0.2) is 0 Å². The van der Waals surface area contributed by atoms with Crippen molar-refractivity contribution in [3.8, 4) is 5.75 Å². The highest BCUT2D eigenvalue weighted by molar-refractivity contribution is 9.10. The number of ether oxygens (including phenoxy) is 1. The third-order valence-corrected chi connectivity index (χ3v) is 4.16. The van der Waals surface area contributed by atoms with Gasteiger partial charge < -0.3 is 9.84 Å². The second kappa shape index (κ2) is 5.40. The van der Waals surface area contributed by atoms with Crippen LogP contribution in [0.5, 0.6) is 5.75 Å². The third kappa shape index (κ3) is 3.46. The number of aliphatic hydroxyl groups excluding tert-OH is 1. The summed E-state index contributed by atoms with van der Waals surface area (Å²) in [4.78, 5) is 0. The van der Waals surface area contributed by atoms with Crippen LogP contribution in [0.1, 0.15) is 26.2 Å². The van der Waals surface area contributed by atoms with Crippen LogP contribution >= 0.6 is 15.9 Å². The van der Waals surface area contributed by atoms with Crippen LogP contribution in [0.25, 0.3) is 0 Å². The van der Waals surface area contributed by atoms with Crippen LogP contribution in [-0.2, 0) is 0 Å². The van der Waals surface area contributed by atoms with Crippen molar-refractivity contribution in [1.29, 1.82) is 0 Å². The van der Waals surface area contributed by atoms with E-state index in [4.69, 9.17) is 4.74 Å². The average Bonchev–Trinajstić information content (AvgIpc) is 3.13. The van der Waals surface area contributed by atoms with Crippen molar-refractivity contribution in [2.24, 2.45) is 11.3 Å². The Balaban J connectivity index is 1.82. The van der Waals surface area contributed by atoms with Crippen LogP contribution in [0, 0.1) is 11.3 Å². The molecule has 1 aliphatic carbocycles. The zero-order valence-electron chi connectivity index (χ0n) is 10.2. The molecule has 0 bridgehead atoms. The predicted molar refractivity (Wildman–Crippen MR) is 72.2 cm³/mol. The molecule has 0 aliphatic heterocycles. The van der Waals surface area contributed by atoms with E-state index in [1.807, 2.05) is 24.3 Å². The smallest absolute Gasteiger partial charge is 0.120 e. The molecule has 1 aromatic rings. The van der Waals surface area contributed by atoms with E-state index < -0.39 is 0 Å². The van der Waals surface area contributed by atoms with E-state index in [-0.39, 0.29) is 12.0 Å². The summed E-state index contributed by atoms with van der Waals surface area (Å²) in [5.74, 6) is 1.58. The first-order chi connectivity index (χ1) is 8.14. The van der Waals surface area contributed by atoms with Gasteiger partial charge in [-0.05, 0) is 48.8 Å². The number of aliphatic hydroxyl groups is 1. The molecule has 0 radical (unpaired) electrons. The molecular formula is C14H19BrO2. The monoisotopic (exact) mass is 298 g/mol. The van der Waals surface area contributed by atoms with E-state index in [0.717, 1.165) is 16.6 Å². The fraction of sp³-hybridized carbons (Fsp3) is 0.571. The Morgan fingerprint density at radius 1 is 1.47 bits per heavy atom. The third-order valence-electron chi connectivity index (χ3n) is 3.66. The Morgan fingerprint density at radius 2 is 2.24 bits per heavy atom. The lowest BCUT2D eigenvalue weighted by molar-refractivity contribution is 0.0912. The van der Waals surface area contributed by atoms with Gasteiger partial charge in [-0.2, -0.15) is 0 Å². The van der Waals surface area contributed by atoms with Gasteiger partial charge in [-0.1, -0.05) is 28.9 Å². The first-order valence-corrected chi connectivity index (χ1v) is 6.92. The molecule has 1 N–H and O–H groups in total. The van der Waals surface area contributed by atoms with E-state index in [0.29, 0.717) is 12.5 Å². The molecule has 1 aromatic carbocycles. The molecule has 94 valence electrons. The Labute approximate surface area is 111 Å². The summed E-state index contributed by atoms with van der Waals surface area (Å²) in [5, 5.41) is 9.47. The van der Waals surface area contributed by atoms with Crippen molar-refractivity contribution in [2.45, 2.75) is 26.2 Å². The zero-order valence-corrected chi connectivity index (χ0v) is 11.7. The molecule has 0 aromatic heterocycles. The quantitative estimate of drug-likeness (QED) is 0.869.